The van der Waals surface area contributed by atoms with Crippen LogP contribution >= 0.6 is 0 Å². The second-order valence-electron chi connectivity index (χ2n) is 8.01. The number of carbonyl (C=O) groups excluding carboxylic acids is 2. The van der Waals surface area contributed by atoms with Gasteiger partial charge in [-0.15, -0.1) is 0 Å². The molecule has 1 aromatic heterocycles. The minimum absolute atomic E-state index is 0.277. The summed E-state index contributed by atoms with van der Waals surface area (Å²) in [6, 6.07) is 1.77. The third kappa shape index (κ3) is 7.05. The lowest BCUT2D eigenvalue weighted by molar-refractivity contribution is -0.139. The van der Waals surface area contributed by atoms with Gasteiger partial charge in [0.2, 0.25) is 5.91 Å². The highest BCUT2D eigenvalue weighted by atomic mass is 19.4. The first-order chi connectivity index (χ1) is 13.9. The van der Waals surface area contributed by atoms with E-state index in [-0.39, 0.29) is 12.6 Å². The van der Waals surface area contributed by atoms with Crippen molar-refractivity contribution in [3.05, 3.63) is 34.2 Å². The molecule has 0 saturated carbocycles. The molecule has 0 aromatic carbocycles. The van der Waals surface area contributed by atoms with Crippen molar-refractivity contribution in [1.82, 2.24) is 19.7 Å². The fraction of sp³-hybridized carbons (Fsp3) is 0.632. The van der Waals surface area contributed by atoms with E-state index < -0.39 is 35.4 Å². The molecule has 1 fully saturated rings. The molecule has 2 heterocycles. The average Bonchev–Trinajstić information content (AvgIpc) is 2.61. The van der Waals surface area contributed by atoms with E-state index in [1.807, 2.05) is 0 Å². The molecular weight excluding hydrogens is 405 g/mol. The van der Waals surface area contributed by atoms with E-state index in [1.165, 1.54) is 0 Å². The zero-order valence-electron chi connectivity index (χ0n) is 17.3. The Morgan fingerprint density at radius 3 is 2.33 bits per heavy atom. The van der Waals surface area contributed by atoms with Crippen LogP contribution in [0.5, 0.6) is 0 Å². The summed E-state index contributed by atoms with van der Waals surface area (Å²) < 4.78 is 44.4. The van der Waals surface area contributed by atoms with Crippen LogP contribution in [0.4, 0.5) is 18.0 Å². The van der Waals surface area contributed by atoms with Crippen LogP contribution in [0.2, 0.25) is 0 Å². The molecule has 168 valence electrons. The maximum Gasteiger partial charge on any atom is 0.421 e. The third-order valence-corrected chi connectivity index (χ3v) is 4.41. The molecule has 0 bridgehead atoms. The molecule has 0 spiro atoms. The quantitative estimate of drug-likeness (QED) is 0.763. The molecular formula is C19H27F3N4O4. The summed E-state index contributed by atoms with van der Waals surface area (Å²) in [6.45, 7) is 7.95. The molecule has 1 aliphatic heterocycles. The van der Waals surface area contributed by atoms with Gasteiger partial charge in [-0.05, 0) is 32.9 Å². The van der Waals surface area contributed by atoms with Gasteiger partial charge in [-0.3, -0.25) is 14.5 Å². The molecule has 1 N–H and O–H groups in total. The molecule has 0 atom stereocenters. The lowest BCUT2D eigenvalue weighted by atomic mass is 10.2. The summed E-state index contributed by atoms with van der Waals surface area (Å²) in [6.07, 6.45) is -3.98. The summed E-state index contributed by atoms with van der Waals surface area (Å²) in [5, 5.41) is 2.60. The number of carbonyl (C=O) groups is 2. The van der Waals surface area contributed by atoms with E-state index in [1.54, 1.807) is 25.7 Å². The second kappa shape index (κ2) is 9.50. The summed E-state index contributed by atoms with van der Waals surface area (Å²) in [5.41, 5.74) is -3.11. The first-order valence-corrected chi connectivity index (χ1v) is 9.60. The Morgan fingerprint density at radius 2 is 1.77 bits per heavy atom. The Hall–Kier alpha value is -2.56. The number of nitrogens with one attached hydrogen (secondary N) is 1. The zero-order valence-corrected chi connectivity index (χ0v) is 17.3. The van der Waals surface area contributed by atoms with Gasteiger partial charge in [0.1, 0.15) is 17.7 Å². The predicted octanol–water partition coefficient (Wildman–Crippen LogP) is 1.54. The Bertz CT molecular complexity index is 809. The van der Waals surface area contributed by atoms with Gasteiger partial charge in [0.05, 0.1) is 0 Å². The molecule has 1 saturated heterocycles. The van der Waals surface area contributed by atoms with Crippen molar-refractivity contribution in [2.24, 2.45) is 0 Å². The molecule has 11 heteroatoms. The van der Waals surface area contributed by atoms with Crippen LogP contribution in [0.15, 0.2) is 23.1 Å². The number of nitrogens with zero attached hydrogens (tertiary/aromatic N) is 3. The van der Waals surface area contributed by atoms with Crippen molar-refractivity contribution in [3.8, 4) is 0 Å². The summed E-state index contributed by atoms with van der Waals surface area (Å²) in [5.74, 6) is -0.552. The molecule has 8 nitrogen and oxygen atoms in total. The number of amides is 2. The van der Waals surface area contributed by atoms with Gasteiger partial charge >= 0.3 is 12.3 Å². The molecule has 30 heavy (non-hydrogen) atoms. The highest BCUT2D eigenvalue weighted by Crippen LogP contribution is 2.25. The number of hydrogen-bond donors (Lipinski definition) is 1. The summed E-state index contributed by atoms with van der Waals surface area (Å²) >= 11 is 0. The molecule has 2 rings (SSSR count). The Balaban J connectivity index is 1.75. The molecule has 0 aliphatic carbocycles. The standard InChI is InChI=1S/C19H27F3N4O4/c1-18(2,3)30-17(29)25-11-9-24(10-12-25)8-6-23-15(27)13-26-7-4-5-14(16(26)28)19(20,21)22/h4-5,7H,6,8-13H2,1-3H3,(H,23,27). The van der Waals surface area contributed by atoms with E-state index in [9.17, 15) is 27.6 Å². The van der Waals surface area contributed by atoms with E-state index in [2.05, 4.69) is 10.2 Å². The van der Waals surface area contributed by atoms with Crippen LogP contribution in [-0.2, 0) is 22.3 Å². The molecule has 2 amide bonds. The molecule has 1 aromatic rings. The Labute approximate surface area is 172 Å². The van der Waals surface area contributed by atoms with Gasteiger partial charge in [-0.1, -0.05) is 0 Å². The number of ether oxygens (including phenoxy) is 1. The van der Waals surface area contributed by atoms with Crippen molar-refractivity contribution in [1.29, 1.82) is 0 Å². The maximum absolute atomic E-state index is 12.8. The van der Waals surface area contributed by atoms with E-state index >= 15 is 0 Å². The van der Waals surface area contributed by atoms with Gasteiger partial charge in [0, 0.05) is 45.5 Å². The van der Waals surface area contributed by atoms with Gasteiger partial charge < -0.3 is 19.5 Å². The van der Waals surface area contributed by atoms with Crippen molar-refractivity contribution in [2.45, 2.75) is 39.1 Å². The second-order valence-corrected chi connectivity index (χ2v) is 8.01. The lowest BCUT2D eigenvalue weighted by Gasteiger charge is -2.35. The van der Waals surface area contributed by atoms with Crippen LogP contribution in [0, 0.1) is 0 Å². The number of pyridine rings is 1. The monoisotopic (exact) mass is 432 g/mol. The highest BCUT2D eigenvalue weighted by Gasteiger charge is 2.34. The normalized spacial score (nSPS) is 15.7. The van der Waals surface area contributed by atoms with Crippen LogP contribution in [-0.4, -0.2) is 71.2 Å². The van der Waals surface area contributed by atoms with E-state index in [0.29, 0.717) is 38.8 Å². The maximum atomic E-state index is 12.8. The van der Waals surface area contributed by atoms with Gasteiger partial charge in [0.25, 0.3) is 5.56 Å². The summed E-state index contributed by atoms with van der Waals surface area (Å²) in [7, 11) is 0. The SMILES string of the molecule is CC(C)(C)OC(=O)N1CCN(CCNC(=O)Cn2cccc(C(F)(F)F)c2=O)CC1. The van der Waals surface area contributed by atoms with Gasteiger partial charge in [0.15, 0.2) is 0 Å². The number of hydrogen-bond acceptors (Lipinski definition) is 5. The number of rotatable bonds is 5. The van der Waals surface area contributed by atoms with Crippen molar-refractivity contribution in [3.63, 3.8) is 0 Å². The number of piperazine rings is 1. The van der Waals surface area contributed by atoms with Gasteiger partial charge in [-0.25, -0.2) is 4.79 Å². The summed E-state index contributed by atoms with van der Waals surface area (Å²) in [4.78, 5) is 39.6. The van der Waals surface area contributed by atoms with Crippen LogP contribution < -0.4 is 10.9 Å². The number of aromatic nitrogens is 1. The number of halogens is 3. The smallest absolute Gasteiger partial charge is 0.421 e. The first-order valence-electron chi connectivity index (χ1n) is 9.60. The minimum Gasteiger partial charge on any atom is -0.444 e. The van der Waals surface area contributed by atoms with Crippen molar-refractivity contribution < 1.29 is 27.5 Å². The highest BCUT2D eigenvalue weighted by molar-refractivity contribution is 5.75. The fourth-order valence-electron chi connectivity index (χ4n) is 2.92. The lowest BCUT2D eigenvalue weighted by Crippen LogP contribution is -2.51. The first kappa shape index (κ1) is 23.7. The molecule has 1 aliphatic rings. The average molecular weight is 432 g/mol. The van der Waals surface area contributed by atoms with Crippen molar-refractivity contribution in [2.75, 3.05) is 39.3 Å². The van der Waals surface area contributed by atoms with Gasteiger partial charge in [-0.2, -0.15) is 13.2 Å². The minimum atomic E-state index is -4.77. The number of alkyl halides is 3. The van der Waals surface area contributed by atoms with Crippen LogP contribution in [0.3, 0.4) is 0 Å². The predicted molar refractivity (Wildman–Crippen MR) is 103 cm³/mol. The van der Waals surface area contributed by atoms with Crippen LogP contribution in [0.25, 0.3) is 0 Å². The molecule has 0 radical (unpaired) electrons. The molecule has 0 unspecified atom stereocenters. The topological polar surface area (TPSA) is 83.9 Å². The van der Waals surface area contributed by atoms with Crippen molar-refractivity contribution >= 4 is 12.0 Å². The largest absolute Gasteiger partial charge is 0.444 e. The zero-order chi connectivity index (χ0) is 22.5. The van der Waals surface area contributed by atoms with E-state index in [4.69, 9.17) is 4.74 Å². The van der Waals surface area contributed by atoms with E-state index in [0.717, 1.165) is 16.8 Å². The Kier molecular flexibility index (Phi) is 7.51. The third-order valence-electron chi connectivity index (χ3n) is 4.41. The van der Waals surface area contributed by atoms with Crippen LogP contribution in [0.1, 0.15) is 26.3 Å². The fourth-order valence-corrected chi connectivity index (χ4v) is 2.92. The Morgan fingerprint density at radius 1 is 1.13 bits per heavy atom.